The summed E-state index contributed by atoms with van der Waals surface area (Å²) in [7, 11) is 0. The van der Waals surface area contributed by atoms with Gasteiger partial charge in [-0.2, -0.15) is 0 Å². The monoisotopic (exact) mass is 271 g/mol. The highest BCUT2D eigenvalue weighted by Crippen LogP contribution is 2.31. The van der Waals surface area contributed by atoms with Crippen molar-refractivity contribution < 1.29 is 0 Å². The van der Waals surface area contributed by atoms with Gasteiger partial charge in [-0.15, -0.1) is 0 Å². The van der Waals surface area contributed by atoms with Crippen molar-refractivity contribution in [3.8, 4) is 11.1 Å². The standard InChI is InChI=1S/C20H17N/c1-2-6-15(7-3-1)16-10-12-17(13-11-16)20-19-9-5-4-8-18(19)14-21-20/h1-13,20-21H,14H2. The van der Waals surface area contributed by atoms with Crippen LogP contribution in [0.5, 0.6) is 0 Å². The highest BCUT2D eigenvalue weighted by Gasteiger charge is 2.22. The van der Waals surface area contributed by atoms with Gasteiger partial charge in [0.25, 0.3) is 0 Å². The highest BCUT2D eigenvalue weighted by atomic mass is 14.9. The lowest BCUT2D eigenvalue weighted by atomic mass is 9.96. The van der Waals surface area contributed by atoms with E-state index in [1.165, 1.54) is 27.8 Å². The molecular weight excluding hydrogens is 254 g/mol. The number of benzene rings is 3. The van der Waals surface area contributed by atoms with Crippen molar-refractivity contribution >= 4 is 0 Å². The van der Waals surface area contributed by atoms with Crippen molar-refractivity contribution in [1.82, 2.24) is 5.32 Å². The summed E-state index contributed by atoms with van der Waals surface area (Å²) in [5.74, 6) is 0. The molecule has 0 aliphatic carbocycles. The van der Waals surface area contributed by atoms with Gasteiger partial charge in [0.2, 0.25) is 0 Å². The van der Waals surface area contributed by atoms with Gasteiger partial charge in [-0.3, -0.25) is 0 Å². The van der Waals surface area contributed by atoms with Crippen LogP contribution >= 0.6 is 0 Å². The van der Waals surface area contributed by atoms with Crippen molar-refractivity contribution in [3.63, 3.8) is 0 Å². The van der Waals surface area contributed by atoms with Crippen LogP contribution in [0.2, 0.25) is 0 Å². The molecule has 0 saturated heterocycles. The van der Waals surface area contributed by atoms with Gasteiger partial charge in [-0.1, -0.05) is 78.9 Å². The predicted molar refractivity (Wildman–Crippen MR) is 87.0 cm³/mol. The van der Waals surface area contributed by atoms with Gasteiger partial charge in [-0.25, -0.2) is 0 Å². The smallest absolute Gasteiger partial charge is 0.0582 e. The average molecular weight is 271 g/mol. The van der Waals surface area contributed by atoms with Crippen LogP contribution in [0.25, 0.3) is 11.1 Å². The lowest BCUT2D eigenvalue weighted by Gasteiger charge is -2.13. The van der Waals surface area contributed by atoms with Gasteiger partial charge in [0, 0.05) is 6.54 Å². The van der Waals surface area contributed by atoms with Gasteiger partial charge < -0.3 is 5.32 Å². The molecule has 3 aromatic rings. The summed E-state index contributed by atoms with van der Waals surface area (Å²) in [6.07, 6.45) is 0. The second kappa shape index (κ2) is 5.19. The van der Waals surface area contributed by atoms with Crippen molar-refractivity contribution in [2.45, 2.75) is 12.6 Å². The van der Waals surface area contributed by atoms with Crippen molar-refractivity contribution in [2.75, 3.05) is 0 Å². The fraction of sp³-hybridized carbons (Fsp3) is 0.100. The maximum Gasteiger partial charge on any atom is 0.0582 e. The third-order valence-corrected chi connectivity index (χ3v) is 4.21. The number of hydrogen-bond acceptors (Lipinski definition) is 1. The molecule has 0 saturated carbocycles. The molecule has 21 heavy (non-hydrogen) atoms. The Morgan fingerprint density at radius 1 is 0.667 bits per heavy atom. The molecule has 0 fully saturated rings. The van der Waals surface area contributed by atoms with E-state index in [9.17, 15) is 0 Å². The zero-order valence-corrected chi connectivity index (χ0v) is 11.8. The summed E-state index contributed by atoms with van der Waals surface area (Å²) in [5.41, 5.74) is 6.69. The second-order valence-electron chi connectivity index (χ2n) is 5.50. The zero-order valence-electron chi connectivity index (χ0n) is 11.8. The Kier molecular flexibility index (Phi) is 3.06. The van der Waals surface area contributed by atoms with Gasteiger partial charge in [0.05, 0.1) is 6.04 Å². The number of fused-ring (bicyclic) bond motifs is 1. The van der Waals surface area contributed by atoms with E-state index in [4.69, 9.17) is 0 Å². The van der Waals surface area contributed by atoms with Crippen LogP contribution in [0, 0.1) is 0 Å². The van der Waals surface area contributed by atoms with E-state index in [1.807, 2.05) is 0 Å². The summed E-state index contributed by atoms with van der Waals surface area (Å²) in [5, 5.41) is 3.60. The third kappa shape index (κ3) is 2.26. The molecule has 102 valence electrons. The van der Waals surface area contributed by atoms with Crippen molar-refractivity contribution in [1.29, 1.82) is 0 Å². The van der Waals surface area contributed by atoms with E-state index >= 15 is 0 Å². The molecule has 0 spiro atoms. The molecule has 1 unspecified atom stereocenters. The lowest BCUT2D eigenvalue weighted by molar-refractivity contribution is 0.667. The van der Waals surface area contributed by atoms with Crippen LogP contribution in [0.4, 0.5) is 0 Å². The van der Waals surface area contributed by atoms with Crippen LogP contribution in [0.1, 0.15) is 22.7 Å². The van der Waals surface area contributed by atoms with Crippen LogP contribution in [-0.4, -0.2) is 0 Å². The van der Waals surface area contributed by atoms with E-state index in [2.05, 4.69) is 84.2 Å². The molecule has 1 heteroatoms. The Morgan fingerprint density at radius 3 is 2.14 bits per heavy atom. The summed E-state index contributed by atoms with van der Waals surface area (Å²) in [6, 6.07) is 28.4. The second-order valence-corrected chi connectivity index (χ2v) is 5.50. The van der Waals surface area contributed by atoms with E-state index < -0.39 is 0 Å². The Hall–Kier alpha value is -2.38. The molecule has 3 aromatic carbocycles. The van der Waals surface area contributed by atoms with Crippen molar-refractivity contribution in [3.05, 3.63) is 95.6 Å². The van der Waals surface area contributed by atoms with Gasteiger partial charge in [0.15, 0.2) is 0 Å². The first-order valence-electron chi connectivity index (χ1n) is 7.38. The van der Waals surface area contributed by atoms with Gasteiger partial charge in [-0.05, 0) is 27.8 Å². The predicted octanol–water partition coefficient (Wildman–Crippen LogP) is 4.55. The Bertz CT molecular complexity index is 744. The molecule has 0 amide bonds. The summed E-state index contributed by atoms with van der Waals surface area (Å²) in [6.45, 7) is 0.960. The molecule has 4 rings (SSSR count). The minimum absolute atomic E-state index is 0.325. The first-order valence-corrected chi connectivity index (χ1v) is 7.38. The molecule has 0 aromatic heterocycles. The van der Waals surface area contributed by atoms with E-state index in [0.717, 1.165) is 6.54 Å². The molecule has 1 aliphatic rings. The van der Waals surface area contributed by atoms with Crippen LogP contribution in [-0.2, 0) is 6.54 Å². The minimum atomic E-state index is 0.325. The number of nitrogens with one attached hydrogen (secondary N) is 1. The Morgan fingerprint density at radius 2 is 1.33 bits per heavy atom. The van der Waals surface area contributed by atoms with Gasteiger partial charge in [0.1, 0.15) is 0 Å². The Labute approximate surface area is 125 Å². The molecule has 1 atom stereocenters. The minimum Gasteiger partial charge on any atom is -0.302 e. The lowest BCUT2D eigenvalue weighted by Crippen LogP contribution is -2.13. The molecule has 1 aliphatic heterocycles. The molecule has 1 N–H and O–H groups in total. The van der Waals surface area contributed by atoms with E-state index in [-0.39, 0.29) is 0 Å². The largest absolute Gasteiger partial charge is 0.302 e. The topological polar surface area (TPSA) is 12.0 Å². The summed E-state index contributed by atoms with van der Waals surface area (Å²) >= 11 is 0. The third-order valence-electron chi connectivity index (χ3n) is 4.21. The first-order chi connectivity index (χ1) is 10.4. The van der Waals surface area contributed by atoms with Crippen molar-refractivity contribution in [2.24, 2.45) is 0 Å². The van der Waals surface area contributed by atoms with E-state index in [0.29, 0.717) is 6.04 Å². The Balaban J connectivity index is 1.66. The maximum atomic E-state index is 3.60. The average Bonchev–Trinajstić information content (AvgIpc) is 3.00. The quantitative estimate of drug-likeness (QED) is 0.721. The molecule has 0 bridgehead atoms. The SMILES string of the molecule is c1ccc(-c2ccc(C3NCc4ccccc43)cc2)cc1. The fourth-order valence-corrected chi connectivity index (χ4v) is 3.09. The highest BCUT2D eigenvalue weighted by molar-refractivity contribution is 5.63. The van der Waals surface area contributed by atoms with Gasteiger partial charge >= 0.3 is 0 Å². The maximum absolute atomic E-state index is 3.60. The molecular formula is C20H17N. The fourth-order valence-electron chi connectivity index (χ4n) is 3.09. The molecule has 0 radical (unpaired) electrons. The van der Waals surface area contributed by atoms with Crippen LogP contribution < -0.4 is 5.32 Å². The summed E-state index contributed by atoms with van der Waals surface area (Å²) in [4.78, 5) is 0. The first kappa shape index (κ1) is 12.4. The summed E-state index contributed by atoms with van der Waals surface area (Å²) < 4.78 is 0. The van der Waals surface area contributed by atoms with E-state index in [1.54, 1.807) is 0 Å². The zero-order chi connectivity index (χ0) is 14.1. The molecule has 1 nitrogen and oxygen atoms in total. The molecule has 1 heterocycles. The number of rotatable bonds is 2. The number of hydrogen-bond donors (Lipinski definition) is 1. The van der Waals surface area contributed by atoms with Crippen LogP contribution in [0.15, 0.2) is 78.9 Å². The van der Waals surface area contributed by atoms with Crippen LogP contribution in [0.3, 0.4) is 0 Å². The normalized spacial score (nSPS) is 16.7.